The van der Waals surface area contributed by atoms with Crippen molar-refractivity contribution in [3.63, 3.8) is 0 Å². The second-order valence-corrected chi connectivity index (χ2v) is 12.6. The number of nitrogens with zero attached hydrogens (tertiary/aromatic N) is 3. The summed E-state index contributed by atoms with van der Waals surface area (Å²) in [5.74, 6) is 0.462. The Labute approximate surface area is 285 Å². The molecule has 0 bridgehead atoms. The predicted molar refractivity (Wildman–Crippen MR) is 188 cm³/mol. The fourth-order valence-corrected chi connectivity index (χ4v) is 6.91. The lowest BCUT2D eigenvalue weighted by Gasteiger charge is -2.26. The molecule has 0 aliphatic carbocycles. The van der Waals surface area contributed by atoms with Gasteiger partial charge in [-0.05, 0) is 60.7 Å². The van der Waals surface area contributed by atoms with Crippen molar-refractivity contribution in [2.24, 2.45) is 4.99 Å². The summed E-state index contributed by atoms with van der Waals surface area (Å²) in [5.41, 5.74) is 4.05. The Morgan fingerprint density at radius 2 is 1.77 bits per heavy atom. The monoisotopic (exact) mass is 673 g/mol. The average molecular weight is 674 g/mol. The molecule has 1 atom stereocenters. The van der Waals surface area contributed by atoms with E-state index in [1.165, 1.54) is 11.3 Å². The smallest absolute Gasteiger partial charge is 0.338 e. The van der Waals surface area contributed by atoms with Gasteiger partial charge in [-0.25, -0.2) is 9.79 Å². The Bertz CT molecular complexity index is 2230. The number of ether oxygens (including phenoxy) is 3. The first kappa shape index (κ1) is 32.6. The predicted octanol–water partition coefficient (Wildman–Crippen LogP) is 6.12. The van der Waals surface area contributed by atoms with Crippen LogP contribution in [0.3, 0.4) is 0 Å². The van der Waals surface area contributed by atoms with Gasteiger partial charge in [0.05, 0.1) is 47.2 Å². The third-order valence-corrected chi connectivity index (χ3v) is 9.54. The summed E-state index contributed by atoms with van der Waals surface area (Å²) in [5, 5.41) is 9.42. The van der Waals surface area contributed by atoms with Gasteiger partial charge in [-0.3, -0.25) is 9.36 Å². The van der Waals surface area contributed by atoms with E-state index >= 15 is 0 Å². The van der Waals surface area contributed by atoms with Gasteiger partial charge in [0, 0.05) is 16.0 Å². The molecule has 0 saturated heterocycles. The van der Waals surface area contributed by atoms with Crippen molar-refractivity contribution >= 4 is 40.8 Å². The standard InChI is InChI=1S/C38H31N3O5S2/c1-4-45-37(43)33-34(25-10-6-5-7-11-25)40-38-41(35(33)26-15-17-29(47-3)18-16-26)36(42)32(48-38)21-24-14-19-30(31(20-24)44-2)46-23-28-13-9-8-12-27(28)22-39/h5-21,35H,4,23H2,1-3H3/b32-21-/t35-/m1/s1. The Balaban J connectivity index is 1.46. The van der Waals surface area contributed by atoms with Crippen LogP contribution in [0.4, 0.5) is 0 Å². The topological polar surface area (TPSA) is 103 Å². The molecule has 6 rings (SSSR count). The van der Waals surface area contributed by atoms with E-state index in [9.17, 15) is 14.9 Å². The van der Waals surface area contributed by atoms with E-state index < -0.39 is 12.0 Å². The highest BCUT2D eigenvalue weighted by Crippen LogP contribution is 2.36. The molecule has 0 amide bonds. The highest BCUT2D eigenvalue weighted by atomic mass is 32.2. The lowest BCUT2D eigenvalue weighted by molar-refractivity contribution is -0.138. The molecule has 0 radical (unpaired) electrons. The molecule has 5 aromatic rings. The number of carbonyl (C=O) groups excluding carboxylic acids is 1. The molecule has 10 heteroatoms. The van der Waals surface area contributed by atoms with Crippen LogP contribution < -0.4 is 24.4 Å². The Kier molecular flexibility index (Phi) is 9.90. The summed E-state index contributed by atoms with van der Waals surface area (Å²) in [4.78, 5) is 34.4. The lowest BCUT2D eigenvalue weighted by atomic mass is 9.93. The minimum absolute atomic E-state index is 0.180. The summed E-state index contributed by atoms with van der Waals surface area (Å²) in [6.45, 7) is 2.13. The maximum atomic E-state index is 14.3. The van der Waals surface area contributed by atoms with Crippen LogP contribution in [-0.4, -0.2) is 30.5 Å². The van der Waals surface area contributed by atoms with Crippen LogP contribution in [0.5, 0.6) is 11.5 Å². The van der Waals surface area contributed by atoms with Gasteiger partial charge < -0.3 is 14.2 Å². The fraction of sp³-hybridized carbons (Fsp3) is 0.158. The maximum Gasteiger partial charge on any atom is 0.338 e. The van der Waals surface area contributed by atoms with E-state index in [0.717, 1.165) is 27.1 Å². The van der Waals surface area contributed by atoms with E-state index in [1.807, 2.05) is 85.1 Å². The van der Waals surface area contributed by atoms with Gasteiger partial charge >= 0.3 is 5.97 Å². The number of thiazole rings is 1. The van der Waals surface area contributed by atoms with Gasteiger partial charge in [-0.15, -0.1) is 11.8 Å². The van der Waals surface area contributed by atoms with Crippen LogP contribution in [0.1, 0.15) is 40.8 Å². The van der Waals surface area contributed by atoms with Crippen molar-refractivity contribution in [2.75, 3.05) is 20.0 Å². The number of nitriles is 1. The first-order valence-corrected chi connectivity index (χ1v) is 17.2. The summed E-state index contributed by atoms with van der Waals surface area (Å²) in [6, 6.07) is 31.4. The van der Waals surface area contributed by atoms with Crippen molar-refractivity contribution < 1.29 is 19.0 Å². The van der Waals surface area contributed by atoms with E-state index in [1.54, 1.807) is 54.6 Å². The van der Waals surface area contributed by atoms with E-state index in [0.29, 0.717) is 37.7 Å². The van der Waals surface area contributed by atoms with Crippen LogP contribution in [0.15, 0.2) is 117 Å². The average Bonchev–Trinajstić information content (AvgIpc) is 3.44. The highest BCUT2D eigenvalue weighted by Gasteiger charge is 2.35. The molecule has 0 fully saturated rings. The van der Waals surface area contributed by atoms with E-state index in [2.05, 4.69) is 6.07 Å². The number of esters is 1. The van der Waals surface area contributed by atoms with Crippen LogP contribution in [0.25, 0.3) is 11.8 Å². The van der Waals surface area contributed by atoms with Crippen molar-refractivity contribution in [3.05, 3.63) is 150 Å². The number of fused-ring (bicyclic) bond motifs is 1. The second kappa shape index (κ2) is 14.6. The van der Waals surface area contributed by atoms with Crippen LogP contribution >= 0.6 is 23.1 Å². The zero-order valence-electron chi connectivity index (χ0n) is 26.5. The number of thioether (sulfide) groups is 1. The number of rotatable bonds is 10. The van der Waals surface area contributed by atoms with Crippen molar-refractivity contribution in [2.45, 2.75) is 24.5 Å². The van der Waals surface area contributed by atoms with Gasteiger partial charge in [0.2, 0.25) is 0 Å². The zero-order valence-corrected chi connectivity index (χ0v) is 28.1. The number of hydrogen-bond donors (Lipinski definition) is 0. The minimum atomic E-state index is -0.754. The molecular formula is C38H31N3O5S2. The first-order valence-electron chi connectivity index (χ1n) is 15.2. The molecule has 240 valence electrons. The van der Waals surface area contributed by atoms with Crippen molar-refractivity contribution in [1.82, 2.24) is 4.57 Å². The van der Waals surface area contributed by atoms with Gasteiger partial charge in [0.25, 0.3) is 5.56 Å². The van der Waals surface area contributed by atoms with Crippen molar-refractivity contribution in [3.8, 4) is 17.6 Å². The molecule has 2 heterocycles. The third-order valence-electron chi connectivity index (χ3n) is 7.81. The summed E-state index contributed by atoms with van der Waals surface area (Å²) in [6.07, 6.45) is 3.78. The molecule has 1 aliphatic rings. The molecule has 4 aromatic carbocycles. The van der Waals surface area contributed by atoms with E-state index in [-0.39, 0.29) is 18.8 Å². The van der Waals surface area contributed by atoms with E-state index in [4.69, 9.17) is 19.2 Å². The molecule has 0 N–H and O–H groups in total. The number of hydrogen-bond acceptors (Lipinski definition) is 9. The Morgan fingerprint density at radius 3 is 2.48 bits per heavy atom. The molecule has 0 unspecified atom stereocenters. The molecule has 0 spiro atoms. The first-order chi connectivity index (χ1) is 23.4. The largest absolute Gasteiger partial charge is 0.493 e. The Hall–Kier alpha value is -5.37. The second-order valence-electron chi connectivity index (χ2n) is 10.7. The fourth-order valence-electron chi connectivity index (χ4n) is 5.50. The Morgan fingerprint density at radius 1 is 1.02 bits per heavy atom. The molecule has 8 nitrogen and oxygen atoms in total. The number of methoxy groups -OCH3 is 1. The molecule has 1 aromatic heterocycles. The minimum Gasteiger partial charge on any atom is -0.493 e. The van der Waals surface area contributed by atoms with Crippen LogP contribution in [0, 0.1) is 11.3 Å². The maximum absolute atomic E-state index is 14.3. The summed E-state index contributed by atoms with van der Waals surface area (Å²) >= 11 is 2.87. The number of carbonyl (C=O) groups is 1. The molecular weight excluding hydrogens is 643 g/mol. The quantitative estimate of drug-likeness (QED) is 0.130. The number of aromatic nitrogens is 1. The number of benzene rings is 4. The van der Waals surface area contributed by atoms with Crippen LogP contribution in [0.2, 0.25) is 0 Å². The van der Waals surface area contributed by atoms with Gasteiger partial charge in [0.1, 0.15) is 6.61 Å². The molecule has 1 aliphatic heterocycles. The SMILES string of the molecule is CCOC(=O)C1=C(c2ccccc2)N=c2s/c(=C\c3ccc(OCc4ccccc4C#N)c(OC)c3)c(=O)n2[C@@H]1c1ccc(SC)cc1. The highest BCUT2D eigenvalue weighted by molar-refractivity contribution is 7.98. The van der Waals surface area contributed by atoms with Gasteiger partial charge in [-0.1, -0.05) is 78.1 Å². The van der Waals surface area contributed by atoms with Crippen LogP contribution in [-0.2, 0) is 16.1 Å². The lowest BCUT2D eigenvalue weighted by Crippen LogP contribution is -2.40. The van der Waals surface area contributed by atoms with Crippen molar-refractivity contribution in [1.29, 1.82) is 5.26 Å². The zero-order chi connectivity index (χ0) is 33.6. The normalized spacial score (nSPS) is 14.1. The summed E-state index contributed by atoms with van der Waals surface area (Å²) < 4.78 is 19.2. The van der Waals surface area contributed by atoms with Gasteiger partial charge in [-0.2, -0.15) is 5.26 Å². The molecule has 0 saturated carbocycles. The third kappa shape index (κ3) is 6.56. The molecule has 48 heavy (non-hydrogen) atoms. The summed E-state index contributed by atoms with van der Waals surface area (Å²) in [7, 11) is 1.55. The van der Waals surface area contributed by atoms with Gasteiger partial charge in [0.15, 0.2) is 16.3 Å².